The molecule has 2 rings (SSSR count). The average molecular weight is 151 g/mol. The molecule has 3 nitrogen and oxygen atoms in total. The van der Waals surface area contributed by atoms with E-state index in [4.69, 9.17) is 0 Å². The lowest BCUT2D eigenvalue weighted by molar-refractivity contribution is 0.365. The summed E-state index contributed by atoms with van der Waals surface area (Å²) >= 11 is 0. The molecule has 1 aliphatic heterocycles. The van der Waals surface area contributed by atoms with E-state index in [0.29, 0.717) is 0 Å². The quantitative estimate of drug-likeness (QED) is 0.593. The number of hydrogen-bond acceptors (Lipinski definition) is 2. The molecule has 0 spiro atoms. The first-order valence-corrected chi connectivity index (χ1v) is 4.02. The van der Waals surface area contributed by atoms with Gasteiger partial charge in [0.2, 0.25) is 0 Å². The molecule has 1 saturated heterocycles. The number of rotatable bonds is 3. The second-order valence-corrected chi connectivity index (χ2v) is 3.00. The lowest BCUT2D eigenvalue weighted by Crippen LogP contribution is -2.45. The molecule has 1 aliphatic rings. The lowest BCUT2D eigenvalue weighted by atomic mass is 10.0. The number of nitrogens with one attached hydrogen (secondary N) is 3. The Labute approximate surface area is 66.2 Å². The maximum Gasteiger partial charge on any atom is 0.0517 e. The molecular weight excluding hydrogens is 138 g/mol. The Kier molecular flexibility index (Phi) is 1.81. The number of aromatic nitrogens is 1. The third kappa shape index (κ3) is 1.54. The van der Waals surface area contributed by atoms with E-state index in [1.165, 1.54) is 5.69 Å². The van der Waals surface area contributed by atoms with Gasteiger partial charge in [-0.05, 0) is 6.07 Å². The van der Waals surface area contributed by atoms with Gasteiger partial charge in [0, 0.05) is 37.9 Å². The van der Waals surface area contributed by atoms with Crippen molar-refractivity contribution in [2.45, 2.75) is 0 Å². The van der Waals surface area contributed by atoms with Crippen LogP contribution in [0, 0.1) is 5.92 Å². The van der Waals surface area contributed by atoms with Crippen LogP contribution in [0.2, 0.25) is 0 Å². The number of aromatic amines is 1. The van der Waals surface area contributed by atoms with Crippen molar-refractivity contribution in [1.29, 1.82) is 0 Å². The molecule has 0 unspecified atom stereocenters. The summed E-state index contributed by atoms with van der Waals surface area (Å²) in [5.74, 6) is 0.824. The average Bonchev–Trinajstić information content (AvgIpc) is 2.36. The van der Waals surface area contributed by atoms with Crippen LogP contribution in [-0.2, 0) is 0 Å². The van der Waals surface area contributed by atoms with Crippen LogP contribution in [0.25, 0.3) is 0 Å². The van der Waals surface area contributed by atoms with Gasteiger partial charge in [-0.1, -0.05) is 0 Å². The molecular formula is C8H13N3. The SMILES string of the molecule is c1cc(NCC2CNC2)c[nH]1. The highest BCUT2D eigenvalue weighted by molar-refractivity contribution is 5.40. The van der Waals surface area contributed by atoms with Crippen LogP contribution in [0.4, 0.5) is 5.69 Å². The van der Waals surface area contributed by atoms with Gasteiger partial charge in [0.05, 0.1) is 5.69 Å². The molecule has 0 bridgehead atoms. The molecule has 0 aromatic carbocycles. The smallest absolute Gasteiger partial charge is 0.0517 e. The lowest BCUT2D eigenvalue weighted by Gasteiger charge is -2.27. The summed E-state index contributed by atoms with van der Waals surface area (Å²) in [4.78, 5) is 3.01. The van der Waals surface area contributed by atoms with Crippen molar-refractivity contribution in [2.24, 2.45) is 5.92 Å². The molecule has 1 fully saturated rings. The van der Waals surface area contributed by atoms with Crippen LogP contribution in [0.5, 0.6) is 0 Å². The first kappa shape index (κ1) is 6.73. The predicted octanol–water partition coefficient (Wildman–Crippen LogP) is 0.646. The van der Waals surface area contributed by atoms with Crippen LogP contribution in [-0.4, -0.2) is 24.6 Å². The van der Waals surface area contributed by atoms with Crippen molar-refractivity contribution in [3.63, 3.8) is 0 Å². The highest BCUT2D eigenvalue weighted by Crippen LogP contribution is 2.07. The van der Waals surface area contributed by atoms with Crippen molar-refractivity contribution in [3.8, 4) is 0 Å². The van der Waals surface area contributed by atoms with E-state index >= 15 is 0 Å². The Hall–Kier alpha value is -0.960. The Balaban J connectivity index is 1.74. The van der Waals surface area contributed by atoms with Crippen molar-refractivity contribution >= 4 is 5.69 Å². The topological polar surface area (TPSA) is 39.8 Å². The monoisotopic (exact) mass is 151 g/mol. The summed E-state index contributed by atoms with van der Waals surface area (Å²) in [5.41, 5.74) is 1.19. The van der Waals surface area contributed by atoms with E-state index in [2.05, 4.69) is 15.6 Å². The minimum absolute atomic E-state index is 0.824. The normalized spacial score (nSPS) is 17.8. The second-order valence-electron chi connectivity index (χ2n) is 3.00. The number of anilines is 1. The van der Waals surface area contributed by atoms with Gasteiger partial charge in [-0.25, -0.2) is 0 Å². The molecule has 3 heteroatoms. The molecule has 0 aliphatic carbocycles. The van der Waals surface area contributed by atoms with E-state index in [1.54, 1.807) is 0 Å². The third-order valence-corrected chi connectivity index (χ3v) is 2.06. The van der Waals surface area contributed by atoms with Crippen molar-refractivity contribution in [3.05, 3.63) is 18.5 Å². The highest BCUT2D eigenvalue weighted by atomic mass is 15.0. The maximum atomic E-state index is 3.36. The molecule has 60 valence electrons. The van der Waals surface area contributed by atoms with Gasteiger partial charge in [-0.15, -0.1) is 0 Å². The minimum atomic E-state index is 0.824. The Morgan fingerprint density at radius 3 is 3.00 bits per heavy atom. The zero-order valence-corrected chi connectivity index (χ0v) is 6.43. The predicted molar refractivity (Wildman–Crippen MR) is 45.6 cm³/mol. The van der Waals surface area contributed by atoms with Crippen molar-refractivity contribution in [2.75, 3.05) is 25.0 Å². The molecule has 1 aromatic heterocycles. The standard InChI is InChI=1S/C8H13N3/c1-2-9-6-8(1)11-5-7-3-10-4-7/h1-2,6-7,9-11H,3-5H2. The van der Waals surface area contributed by atoms with Crippen molar-refractivity contribution < 1.29 is 0 Å². The number of H-pyrrole nitrogens is 1. The van der Waals surface area contributed by atoms with Crippen LogP contribution in [0.1, 0.15) is 0 Å². The fourth-order valence-corrected chi connectivity index (χ4v) is 1.19. The zero-order chi connectivity index (χ0) is 7.52. The van der Waals surface area contributed by atoms with Crippen molar-refractivity contribution in [1.82, 2.24) is 10.3 Å². The summed E-state index contributed by atoms with van der Waals surface area (Å²) < 4.78 is 0. The fourth-order valence-electron chi connectivity index (χ4n) is 1.19. The third-order valence-electron chi connectivity index (χ3n) is 2.06. The molecule has 3 N–H and O–H groups in total. The molecule has 11 heavy (non-hydrogen) atoms. The molecule has 0 radical (unpaired) electrons. The van der Waals surface area contributed by atoms with Gasteiger partial charge in [0.15, 0.2) is 0 Å². The highest BCUT2D eigenvalue weighted by Gasteiger charge is 2.15. The molecule has 0 atom stereocenters. The molecule has 0 saturated carbocycles. The van der Waals surface area contributed by atoms with E-state index < -0.39 is 0 Å². The largest absolute Gasteiger partial charge is 0.383 e. The Morgan fingerprint density at radius 1 is 1.55 bits per heavy atom. The van der Waals surface area contributed by atoms with Crippen LogP contribution in [0.3, 0.4) is 0 Å². The second kappa shape index (κ2) is 2.96. The van der Waals surface area contributed by atoms with Crippen LogP contribution < -0.4 is 10.6 Å². The Morgan fingerprint density at radius 2 is 2.45 bits per heavy atom. The maximum absolute atomic E-state index is 3.36. The minimum Gasteiger partial charge on any atom is -0.383 e. The zero-order valence-electron chi connectivity index (χ0n) is 6.43. The van der Waals surface area contributed by atoms with Gasteiger partial charge in [0.25, 0.3) is 0 Å². The summed E-state index contributed by atoms with van der Waals surface area (Å²) in [5, 5.41) is 6.60. The van der Waals surface area contributed by atoms with Crippen LogP contribution in [0.15, 0.2) is 18.5 Å². The summed E-state index contributed by atoms with van der Waals surface area (Å²) in [7, 11) is 0. The van der Waals surface area contributed by atoms with Gasteiger partial charge in [-0.3, -0.25) is 0 Å². The Bertz CT molecular complexity index is 201. The van der Waals surface area contributed by atoms with Gasteiger partial charge in [-0.2, -0.15) is 0 Å². The summed E-state index contributed by atoms with van der Waals surface area (Å²) in [6, 6.07) is 2.05. The van der Waals surface area contributed by atoms with Gasteiger partial charge < -0.3 is 15.6 Å². The van der Waals surface area contributed by atoms with Crippen LogP contribution >= 0.6 is 0 Å². The van der Waals surface area contributed by atoms with Gasteiger partial charge in [0.1, 0.15) is 0 Å². The first-order valence-electron chi connectivity index (χ1n) is 4.02. The van der Waals surface area contributed by atoms with E-state index in [9.17, 15) is 0 Å². The van der Waals surface area contributed by atoms with E-state index in [-0.39, 0.29) is 0 Å². The molecule has 0 amide bonds. The van der Waals surface area contributed by atoms with Gasteiger partial charge >= 0.3 is 0 Å². The summed E-state index contributed by atoms with van der Waals surface area (Å²) in [6.07, 6.45) is 3.91. The van der Waals surface area contributed by atoms with E-state index in [0.717, 1.165) is 25.6 Å². The molecule has 1 aromatic rings. The first-order chi connectivity index (χ1) is 5.45. The fraction of sp³-hybridized carbons (Fsp3) is 0.500. The number of hydrogen-bond donors (Lipinski definition) is 3. The van der Waals surface area contributed by atoms with E-state index in [1.807, 2.05) is 18.5 Å². The summed E-state index contributed by atoms with van der Waals surface area (Å²) in [6.45, 7) is 3.42. The molecule has 2 heterocycles.